The number of pyridine rings is 1. The van der Waals surface area contributed by atoms with Crippen molar-refractivity contribution in [1.29, 1.82) is 0 Å². The summed E-state index contributed by atoms with van der Waals surface area (Å²) in [6, 6.07) is 22.5. The average Bonchev–Trinajstić information content (AvgIpc) is 3.26. The van der Waals surface area contributed by atoms with Crippen LogP contribution in [0.1, 0.15) is 0 Å². The zero-order valence-corrected chi connectivity index (χ0v) is 14.3. The van der Waals surface area contributed by atoms with Gasteiger partial charge in [0, 0.05) is 42.1 Å². The molecular weight excluding hydrogens is 322 g/mol. The molecule has 0 saturated carbocycles. The third-order valence-electron chi connectivity index (χ3n) is 4.67. The maximum atomic E-state index is 5.97. The van der Waals surface area contributed by atoms with Gasteiger partial charge in [-0.25, -0.2) is 0 Å². The number of benzene rings is 2. The molecule has 126 valence electrons. The topological polar surface area (TPSA) is 32.0 Å². The van der Waals surface area contributed by atoms with Crippen LogP contribution in [0.5, 0.6) is 5.75 Å². The Bertz CT molecular complexity index is 1220. The second kappa shape index (κ2) is 5.77. The van der Waals surface area contributed by atoms with Crippen molar-refractivity contribution in [2.45, 2.75) is 0 Å². The van der Waals surface area contributed by atoms with Gasteiger partial charge in [0.2, 0.25) is 0 Å². The minimum absolute atomic E-state index is 0.793. The molecular formula is C22H17N3O. The van der Waals surface area contributed by atoms with E-state index in [4.69, 9.17) is 4.84 Å². The highest BCUT2D eigenvalue weighted by molar-refractivity contribution is 5.87. The predicted octanol–water partition coefficient (Wildman–Crippen LogP) is 5.04. The molecule has 0 fully saturated rings. The lowest BCUT2D eigenvalue weighted by Gasteiger charge is -2.08. The normalized spacial score (nSPS) is 11.3. The molecule has 0 aliphatic rings. The molecule has 0 bridgehead atoms. The summed E-state index contributed by atoms with van der Waals surface area (Å²) in [5, 5.41) is 1.22. The number of para-hydroxylation sites is 1. The van der Waals surface area contributed by atoms with Crippen LogP contribution in [0.3, 0.4) is 0 Å². The van der Waals surface area contributed by atoms with Crippen molar-refractivity contribution >= 4 is 21.9 Å². The van der Waals surface area contributed by atoms with E-state index in [1.807, 2.05) is 48.8 Å². The van der Waals surface area contributed by atoms with Gasteiger partial charge >= 0.3 is 0 Å². The lowest BCUT2D eigenvalue weighted by Crippen LogP contribution is -2.03. The first-order valence-electron chi connectivity index (χ1n) is 8.54. The smallest absolute Gasteiger partial charge is 0.155 e. The highest BCUT2D eigenvalue weighted by atomic mass is 16.7. The van der Waals surface area contributed by atoms with E-state index in [2.05, 4.69) is 53.1 Å². The molecule has 5 rings (SSSR count). The van der Waals surface area contributed by atoms with Crippen LogP contribution >= 0.6 is 0 Å². The maximum Gasteiger partial charge on any atom is 0.155 e. The Morgan fingerprint density at radius 2 is 1.69 bits per heavy atom. The molecule has 2 aromatic carbocycles. The van der Waals surface area contributed by atoms with Gasteiger partial charge < -0.3 is 9.40 Å². The van der Waals surface area contributed by atoms with Gasteiger partial charge in [0.05, 0.1) is 5.52 Å². The van der Waals surface area contributed by atoms with Gasteiger partial charge in [-0.2, -0.15) is 4.73 Å². The third-order valence-corrected chi connectivity index (χ3v) is 4.67. The van der Waals surface area contributed by atoms with E-state index < -0.39 is 0 Å². The van der Waals surface area contributed by atoms with Crippen molar-refractivity contribution < 1.29 is 4.84 Å². The second-order valence-corrected chi connectivity index (χ2v) is 6.37. The summed E-state index contributed by atoms with van der Waals surface area (Å²) in [5.74, 6) is 0.793. The summed E-state index contributed by atoms with van der Waals surface area (Å²) in [7, 11) is 2.06. The van der Waals surface area contributed by atoms with E-state index in [1.54, 1.807) is 4.73 Å². The molecule has 26 heavy (non-hydrogen) atoms. The third kappa shape index (κ3) is 2.43. The van der Waals surface area contributed by atoms with Crippen molar-refractivity contribution in [1.82, 2.24) is 14.3 Å². The molecule has 0 saturated heterocycles. The highest BCUT2D eigenvalue weighted by Crippen LogP contribution is 2.27. The van der Waals surface area contributed by atoms with Crippen molar-refractivity contribution in [3.05, 3.63) is 85.3 Å². The number of nitrogens with zero attached hydrogens (tertiary/aromatic N) is 3. The van der Waals surface area contributed by atoms with E-state index >= 15 is 0 Å². The molecule has 5 aromatic rings. The zero-order valence-electron chi connectivity index (χ0n) is 14.3. The number of rotatable bonds is 3. The van der Waals surface area contributed by atoms with Crippen LogP contribution in [0.2, 0.25) is 0 Å². The van der Waals surface area contributed by atoms with E-state index in [-0.39, 0.29) is 0 Å². The number of fused-ring (bicyclic) bond motifs is 2. The van der Waals surface area contributed by atoms with Gasteiger partial charge in [0.1, 0.15) is 5.52 Å². The first-order chi connectivity index (χ1) is 12.8. The minimum atomic E-state index is 0.793. The zero-order chi connectivity index (χ0) is 17.5. The molecule has 0 spiro atoms. The van der Waals surface area contributed by atoms with Crippen molar-refractivity contribution in [2.75, 3.05) is 0 Å². The van der Waals surface area contributed by atoms with Gasteiger partial charge in [0.25, 0.3) is 0 Å². The molecule has 0 unspecified atom stereocenters. The summed E-state index contributed by atoms with van der Waals surface area (Å²) in [6.07, 6.45) is 5.89. The molecule has 0 amide bonds. The number of aryl methyl sites for hydroxylation is 1. The fourth-order valence-electron chi connectivity index (χ4n) is 3.28. The molecule has 3 aromatic heterocycles. The van der Waals surface area contributed by atoms with Crippen LogP contribution < -0.4 is 4.84 Å². The van der Waals surface area contributed by atoms with Crippen LogP contribution in [0.15, 0.2) is 85.3 Å². The van der Waals surface area contributed by atoms with Gasteiger partial charge in [-0.15, -0.1) is 0 Å². The van der Waals surface area contributed by atoms with Crippen LogP contribution in [0.4, 0.5) is 0 Å². The SMILES string of the molecule is Cn1ccc2cc(-c3cnc4ccn(Oc5ccccc5)c4c3)ccc21. The molecule has 0 N–H and O–H groups in total. The highest BCUT2D eigenvalue weighted by Gasteiger charge is 2.08. The van der Waals surface area contributed by atoms with Gasteiger partial charge in [-0.05, 0) is 48.0 Å². The Labute approximate surface area is 150 Å². The van der Waals surface area contributed by atoms with Gasteiger partial charge in [-0.3, -0.25) is 4.98 Å². The van der Waals surface area contributed by atoms with Crippen LogP contribution in [0.25, 0.3) is 33.1 Å². The van der Waals surface area contributed by atoms with Crippen molar-refractivity contribution in [3.63, 3.8) is 0 Å². The van der Waals surface area contributed by atoms with E-state index in [1.165, 1.54) is 10.9 Å². The van der Waals surface area contributed by atoms with Gasteiger partial charge in [-0.1, -0.05) is 24.3 Å². The number of hydrogen-bond donors (Lipinski definition) is 0. The Morgan fingerprint density at radius 3 is 2.58 bits per heavy atom. The van der Waals surface area contributed by atoms with E-state index in [0.717, 1.165) is 27.9 Å². The molecule has 0 aliphatic carbocycles. The molecule has 0 atom stereocenters. The standard InChI is InChI=1S/C22H17N3O/c1-24-11-9-17-13-16(7-8-21(17)24)18-14-22-20(23-15-18)10-12-25(22)26-19-5-3-2-4-6-19/h2-15H,1H3. The van der Waals surface area contributed by atoms with Crippen LogP contribution in [-0.4, -0.2) is 14.3 Å². The van der Waals surface area contributed by atoms with Crippen molar-refractivity contribution in [3.8, 4) is 16.9 Å². The summed E-state index contributed by atoms with van der Waals surface area (Å²) >= 11 is 0. The lowest BCUT2D eigenvalue weighted by molar-refractivity contribution is 0.229. The van der Waals surface area contributed by atoms with E-state index in [0.29, 0.717) is 0 Å². The maximum absolute atomic E-state index is 5.97. The first kappa shape index (κ1) is 14.8. The summed E-state index contributed by atoms with van der Waals surface area (Å²) in [6.45, 7) is 0. The van der Waals surface area contributed by atoms with Crippen LogP contribution in [0, 0.1) is 0 Å². The largest absolute Gasteiger partial charge is 0.375 e. The molecule has 4 heteroatoms. The lowest BCUT2D eigenvalue weighted by atomic mass is 10.1. The number of hydrogen-bond acceptors (Lipinski definition) is 2. The summed E-state index contributed by atoms with van der Waals surface area (Å²) in [5.41, 5.74) is 5.29. The quantitative estimate of drug-likeness (QED) is 0.461. The predicted molar refractivity (Wildman–Crippen MR) is 104 cm³/mol. The summed E-state index contributed by atoms with van der Waals surface area (Å²) < 4.78 is 3.89. The minimum Gasteiger partial charge on any atom is -0.375 e. The molecule has 4 nitrogen and oxygen atoms in total. The number of aromatic nitrogens is 3. The monoisotopic (exact) mass is 339 g/mol. The van der Waals surface area contributed by atoms with Crippen molar-refractivity contribution in [2.24, 2.45) is 7.05 Å². The Kier molecular flexibility index (Phi) is 3.28. The fourth-order valence-corrected chi connectivity index (χ4v) is 3.28. The molecule has 0 aliphatic heterocycles. The Balaban J connectivity index is 1.58. The fraction of sp³-hybridized carbons (Fsp3) is 0.0455. The second-order valence-electron chi connectivity index (χ2n) is 6.37. The molecule has 0 radical (unpaired) electrons. The van der Waals surface area contributed by atoms with Gasteiger partial charge in [0.15, 0.2) is 5.75 Å². The van der Waals surface area contributed by atoms with E-state index in [9.17, 15) is 0 Å². The Hall–Kier alpha value is -3.53. The first-order valence-corrected chi connectivity index (χ1v) is 8.54. The average molecular weight is 339 g/mol. The summed E-state index contributed by atoms with van der Waals surface area (Å²) in [4.78, 5) is 10.6. The van der Waals surface area contributed by atoms with Crippen LogP contribution in [-0.2, 0) is 7.05 Å². The molecule has 3 heterocycles. The Morgan fingerprint density at radius 1 is 0.808 bits per heavy atom.